The zero-order valence-corrected chi connectivity index (χ0v) is 9.94. The van der Waals surface area contributed by atoms with Gasteiger partial charge in [-0.3, -0.25) is 0 Å². The van der Waals surface area contributed by atoms with Gasteiger partial charge in [-0.05, 0) is 19.1 Å². The van der Waals surface area contributed by atoms with Crippen LogP contribution in [0.1, 0.15) is 6.92 Å². The van der Waals surface area contributed by atoms with Crippen LogP contribution < -0.4 is 10.5 Å². The van der Waals surface area contributed by atoms with Crippen LogP contribution in [0.25, 0.3) is 0 Å². The fourth-order valence-electron chi connectivity index (χ4n) is 1.05. The number of rotatable bonds is 4. The van der Waals surface area contributed by atoms with Gasteiger partial charge in [0.15, 0.2) is 5.82 Å². The fraction of sp³-hybridized carbons (Fsp3) is 0.200. The van der Waals surface area contributed by atoms with Crippen molar-refractivity contribution in [2.75, 3.05) is 12.3 Å². The molecule has 0 heterocycles. The van der Waals surface area contributed by atoms with Crippen LogP contribution in [-0.4, -0.2) is 15.0 Å². The largest absolute Gasteiger partial charge is 0.394 e. The third kappa shape index (κ3) is 3.01. The summed E-state index contributed by atoms with van der Waals surface area (Å²) in [6.07, 6.45) is 0. The highest BCUT2D eigenvalue weighted by molar-refractivity contribution is 7.89. The van der Waals surface area contributed by atoms with Crippen molar-refractivity contribution in [3.63, 3.8) is 0 Å². The summed E-state index contributed by atoms with van der Waals surface area (Å²) in [7, 11) is -4.06. The Hall–Kier alpha value is -1.47. The number of hydrogen-bond acceptors (Lipinski definition) is 3. The molecule has 94 valence electrons. The minimum atomic E-state index is -4.06. The molecule has 0 aliphatic rings. The van der Waals surface area contributed by atoms with Gasteiger partial charge in [-0.2, -0.15) is 0 Å². The topological polar surface area (TPSA) is 72.2 Å². The Bertz CT molecular complexity index is 556. The number of halogens is 2. The first-order valence-corrected chi connectivity index (χ1v) is 6.11. The van der Waals surface area contributed by atoms with Crippen LogP contribution in [0.5, 0.6) is 0 Å². The second-order valence-electron chi connectivity index (χ2n) is 3.55. The van der Waals surface area contributed by atoms with Crippen molar-refractivity contribution in [1.29, 1.82) is 0 Å². The molecule has 0 aliphatic carbocycles. The van der Waals surface area contributed by atoms with E-state index < -0.39 is 32.2 Å². The van der Waals surface area contributed by atoms with Crippen molar-refractivity contribution in [3.05, 3.63) is 35.9 Å². The van der Waals surface area contributed by atoms with E-state index in [1.54, 1.807) is 6.92 Å². The summed E-state index contributed by atoms with van der Waals surface area (Å²) in [6, 6.07) is 1.62. The molecule has 0 aromatic heterocycles. The van der Waals surface area contributed by atoms with E-state index in [2.05, 4.69) is 11.3 Å². The number of hydrogen-bond donors (Lipinski definition) is 2. The standard InChI is InChI=1S/C10H12F2N2O2S/c1-6(2)5-14-17(15,16)8-4-3-7(11)10(13)9(8)12/h3-4,14H,1,5,13H2,2H3. The fourth-order valence-corrected chi connectivity index (χ4v) is 2.24. The second kappa shape index (κ2) is 4.80. The first-order valence-electron chi connectivity index (χ1n) is 4.63. The molecule has 17 heavy (non-hydrogen) atoms. The Morgan fingerprint density at radius 3 is 2.59 bits per heavy atom. The molecule has 0 radical (unpaired) electrons. The Labute approximate surface area is 98.2 Å². The zero-order chi connectivity index (χ0) is 13.2. The zero-order valence-electron chi connectivity index (χ0n) is 9.13. The maximum atomic E-state index is 13.5. The molecule has 0 fully saturated rings. The molecule has 7 heteroatoms. The van der Waals surface area contributed by atoms with Gasteiger partial charge in [-0.1, -0.05) is 12.2 Å². The number of nitrogen functional groups attached to an aromatic ring is 1. The molecule has 0 saturated heterocycles. The summed E-state index contributed by atoms with van der Waals surface area (Å²) in [6.45, 7) is 5.08. The SMILES string of the molecule is C=C(C)CNS(=O)(=O)c1ccc(F)c(N)c1F. The molecule has 1 aromatic rings. The molecule has 0 atom stereocenters. The molecule has 3 N–H and O–H groups in total. The van der Waals surface area contributed by atoms with Gasteiger partial charge in [0.25, 0.3) is 0 Å². The van der Waals surface area contributed by atoms with Crippen LogP contribution in [0.4, 0.5) is 14.5 Å². The maximum absolute atomic E-state index is 13.5. The lowest BCUT2D eigenvalue weighted by Gasteiger charge is -2.09. The van der Waals surface area contributed by atoms with Gasteiger partial charge in [0.2, 0.25) is 10.0 Å². The molecule has 0 unspecified atom stereocenters. The van der Waals surface area contributed by atoms with E-state index in [0.29, 0.717) is 5.57 Å². The first kappa shape index (κ1) is 13.6. The maximum Gasteiger partial charge on any atom is 0.243 e. The lowest BCUT2D eigenvalue weighted by molar-refractivity contribution is 0.549. The molecule has 4 nitrogen and oxygen atoms in total. The minimum Gasteiger partial charge on any atom is -0.394 e. The molecule has 0 aliphatic heterocycles. The van der Waals surface area contributed by atoms with Crippen LogP contribution in [0.2, 0.25) is 0 Å². The first-order chi connectivity index (χ1) is 7.75. The van der Waals surface area contributed by atoms with E-state index >= 15 is 0 Å². The van der Waals surface area contributed by atoms with Crippen LogP contribution >= 0.6 is 0 Å². The highest BCUT2D eigenvalue weighted by Crippen LogP contribution is 2.22. The third-order valence-corrected chi connectivity index (χ3v) is 3.36. The third-order valence-electron chi connectivity index (χ3n) is 1.94. The molecule has 0 amide bonds. The van der Waals surface area contributed by atoms with Gasteiger partial charge >= 0.3 is 0 Å². The molecular formula is C10H12F2N2O2S. The quantitative estimate of drug-likeness (QED) is 0.636. The Kier molecular flexibility index (Phi) is 3.84. The Morgan fingerprint density at radius 1 is 1.47 bits per heavy atom. The minimum absolute atomic E-state index is 0.0287. The number of nitrogens with one attached hydrogen (secondary N) is 1. The second-order valence-corrected chi connectivity index (χ2v) is 5.29. The molecule has 1 rings (SSSR count). The van der Waals surface area contributed by atoms with Crippen molar-refractivity contribution >= 4 is 15.7 Å². The lowest BCUT2D eigenvalue weighted by Crippen LogP contribution is -2.26. The van der Waals surface area contributed by atoms with Crippen molar-refractivity contribution < 1.29 is 17.2 Å². The van der Waals surface area contributed by atoms with Gasteiger partial charge in [-0.15, -0.1) is 0 Å². The average Bonchev–Trinajstić information content (AvgIpc) is 2.23. The molecule has 0 spiro atoms. The van der Waals surface area contributed by atoms with Crippen LogP contribution in [-0.2, 0) is 10.0 Å². The van der Waals surface area contributed by atoms with E-state index in [-0.39, 0.29) is 6.54 Å². The number of sulfonamides is 1. The predicted molar refractivity (Wildman–Crippen MR) is 60.8 cm³/mol. The van der Waals surface area contributed by atoms with Gasteiger partial charge in [-0.25, -0.2) is 21.9 Å². The Morgan fingerprint density at radius 2 is 2.06 bits per heavy atom. The van der Waals surface area contributed by atoms with E-state index in [0.717, 1.165) is 12.1 Å². The van der Waals surface area contributed by atoms with Crippen molar-refractivity contribution in [3.8, 4) is 0 Å². The lowest BCUT2D eigenvalue weighted by atomic mass is 10.3. The highest BCUT2D eigenvalue weighted by atomic mass is 32.2. The molecule has 0 saturated carbocycles. The van der Waals surface area contributed by atoms with Gasteiger partial charge in [0.1, 0.15) is 16.4 Å². The van der Waals surface area contributed by atoms with Crippen LogP contribution in [0.3, 0.4) is 0 Å². The van der Waals surface area contributed by atoms with E-state index in [4.69, 9.17) is 5.73 Å². The van der Waals surface area contributed by atoms with Crippen molar-refractivity contribution in [2.45, 2.75) is 11.8 Å². The van der Waals surface area contributed by atoms with Crippen molar-refractivity contribution in [2.24, 2.45) is 0 Å². The van der Waals surface area contributed by atoms with E-state index in [9.17, 15) is 17.2 Å². The summed E-state index contributed by atoms with van der Waals surface area (Å²) in [5.41, 5.74) is 4.82. The van der Waals surface area contributed by atoms with Crippen LogP contribution in [0.15, 0.2) is 29.2 Å². The molecule has 0 bridgehead atoms. The van der Waals surface area contributed by atoms with Gasteiger partial charge in [0, 0.05) is 6.54 Å². The van der Waals surface area contributed by atoms with E-state index in [1.807, 2.05) is 0 Å². The summed E-state index contributed by atoms with van der Waals surface area (Å²) < 4.78 is 51.8. The summed E-state index contributed by atoms with van der Waals surface area (Å²) in [5, 5.41) is 0. The normalized spacial score (nSPS) is 11.5. The predicted octanol–water partition coefficient (Wildman–Crippen LogP) is 1.40. The summed E-state index contributed by atoms with van der Waals surface area (Å²) in [5.74, 6) is -2.29. The van der Waals surface area contributed by atoms with Crippen molar-refractivity contribution in [1.82, 2.24) is 4.72 Å². The van der Waals surface area contributed by atoms with Gasteiger partial charge in [0.05, 0.1) is 0 Å². The molecular weight excluding hydrogens is 250 g/mol. The van der Waals surface area contributed by atoms with E-state index in [1.165, 1.54) is 0 Å². The smallest absolute Gasteiger partial charge is 0.243 e. The average molecular weight is 262 g/mol. The van der Waals surface area contributed by atoms with Gasteiger partial charge < -0.3 is 5.73 Å². The Balaban J connectivity index is 3.16. The monoisotopic (exact) mass is 262 g/mol. The summed E-state index contributed by atoms with van der Waals surface area (Å²) >= 11 is 0. The van der Waals surface area contributed by atoms with Crippen LogP contribution in [0, 0.1) is 11.6 Å². The molecule has 1 aromatic carbocycles. The number of anilines is 1. The number of nitrogens with two attached hydrogens (primary N) is 1. The highest BCUT2D eigenvalue weighted by Gasteiger charge is 2.22. The summed E-state index contributed by atoms with van der Waals surface area (Å²) in [4.78, 5) is -0.683. The number of benzene rings is 1.